The van der Waals surface area contributed by atoms with Gasteiger partial charge in [0.25, 0.3) is 20.0 Å². The Morgan fingerprint density at radius 1 is 0.658 bits per heavy atom. The van der Waals surface area contributed by atoms with Gasteiger partial charge in [0.05, 0.1) is 35.6 Å². The van der Waals surface area contributed by atoms with Gasteiger partial charge < -0.3 is 14.2 Å². The van der Waals surface area contributed by atoms with Gasteiger partial charge in [-0.25, -0.2) is 25.6 Å². The first-order valence-electron chi connectivity index (χ1n) is 11.4. The summed E-state index contributed by atoms with van der Waals surface area (Å²) in [6.07, 6.45) is -0.715. The number of benzene rings is 3. The van der Waals surface area contributed by atoms with Crippen LogP contribution in [0, 0.1) is 11.6 Å². The molecule has 0 amide bonds. The summed E-state index contributed by atoms with van der Waals surface area (Å²) in [6.45, 7) is 6.75. The van der Waals surface area contributed by atoms with Crippen LogP contribution in [0.4, 0.5) is 20.2 Å². The summed E-state index contributed by atoms with van der Waals surface area (Å²) in [5.74, 6) is -1.80. The topological polar surface area (TPSA) is 120 Å². The van der Waals surface area contributed by atoms with Crippen molar-refractivity contribution in [3.63, 3.8) is 0 Å². The highest BCUT2D eigenvalue weighted by molar-refractivity contribution is 7.93. The molecule has 38 heavy (non-hydrogen) atoms. The summed E-state index contributed by atoms with van der Waals surface area (Å²) in [7, 11) is -7.51. The van der Waals surface area contributed by atoms with Gasteiger partial charge in [-0.3, -0.25) is 9.44 Å². The lowest BCUT2D eigenvalue weighted by Crippen LogP contribution is -2.17. The normalized spacial score (nSPS) is 11.9. The highest BCUT2D eigenvalue weighted by atomic mass is 32.2. The molecule has 0 saturated heterocycles. The molecule has 3 aromatic rings. The molecule has 0 aliphatic rings. The van der Waals surface area contributed by atoms with Crippen molar-refractivity contribution in [2.24, 2.45) is 0 Å². The number of halogens is 2. The van der Waals surface area contributed by atoms with Gasteiger partial charge in [0.2, 0.25) is 0 Å². The first-order chi connectivity index (χ1) is 17.7. The van der Waals surface area contributed by atoms with Crippen LogP contribution in [0.1, 0.15) is 27.7 Å². The monoisotopic (exact) mass is 570 g/mol. The molecule has 0 heterocycles. The molecule has 13 heteroatoms. The number of anilines is 2. The van der Waals surface area contributed by atoms with Crippen molar-refractivity contribution >= 4 is 31.4 Å². The quantitative estimate of drug-likeness (QED) is 0.327. The van der Waals surface area contributed by atoms with Gasteiger partial charge in [0.1, 0.15) is 10.6 Å². The highest BCUT2D eigenvalue weighted by Gasteiger charge is 2.25. The van der Waals surface area contributed by atoms with E-state index in [2.05, 4.69) is 9.44 Å². The Morgan fingerprint density at radius 2 is 1.13 bits per heavy atom. The third-order valence-electron chi connectivity index (χ3n) is 4.83. The van der Waals surface area contributed by atoms with Gasteiger partial charge in [0.15, 0.2) is 23.1 Å². The van der Waals surface area contributed by atoms with Crippen molar-refractivity contribution in [1.29, 1.82) is 0 Å². The number of sulfonamides is 2. The van der Waals surface area contributed by atoms with E-state index in [-0.39, 0.29) is 40.8 Å². The number of hydrogen-bond acceptors (Lipinski definition) is 7. The summed E-state index contributed by atoms with van der Waals surface area (Å²) in [4.78, 5) is -0.890. The van der Waals surface area contributed by atoms with E-state index in [0.29, 0.717) is 0 Å². The smallest absolute Gasteiger partial charge is 0.265 e. The molecular weight excluding hydrogens is 542 g/mol. The van der Waals surface area contributed by atoms with Gasteiger partial charge in [0, 0.05) is 12.1 Å². The molecule has 2 N–H and O–H groups in total. The van der Waals surface area contributed by atoms with Crippen LogP contribution in [0.15, 0.2) is 64.4 Å². The molecule has 0 spiro atoms. The van der Waals surface area contributed by atoms with Crippen molar-refractivity contribution in [2.75, 3.05) is 16.6 Å². The van der Waals surface area contributed by atoms with Gasteiger partial charge >= 0.3 is 0 Å². The van der Waals surface area contributed by atoms with E-state index >= 15 is 0 Å². The number of methoxy groups -OCH3 is 1. The second-order valence-corrected chi connectivity index (χ2v) is 12.0. The molecule has 206 valence electrons. The largest absolute Gasteiger partial charge is 0.495 e. The maximum Gasteiger partial charge on any atom is 0.265 e. The van der Waals surface area contributed by atoms with Crippen molar-refractivity contribution in [2.45, 2.75) is 49.7 Å². The van der Waals surface area contributed by atoms with Crippen LogP contribution in [-0.4, -0.2) is 36.2 Å². The van der Waals surface area contributed by atoms with Crippen molar-refractivity contribution in [3.05, 3.63) is 66.2 Å². The van der Waals surface area contributed by atoms with E-state index in [9.17, 15) is 25.6 Å². The zero-order valence-electron chi connectivity index (χ0n) is 21.3. The molecule has 3 aromatic carbocycles. The molecule has 0 aromatic heterocycles. The number of ether oxygens (including phenoxy) is 3. The fraction of sp³-hybridized carbons (Fsp3) is 0.280. The standard InChI is InChI=1S/C25H28F2N2O7S2/c1-15(2)35-23-12-17(6-9-20(23)26)28-37(30,31)19-8-11-22(34-5)25(14-19)38(32,33)29-18-7-10-21(27)24(13-18)36-16(3)4/h6-16,28-29H,1-5H3. The van der Waals surface area contributed by atoms with Crippen LogP contribution in [0.2, 0.25) is 0 Å². The van der Waals surface area contributed by atoms with Crippen LogP contribution in [-0.2, 0) is 20.0 Å². The fourth-order valence-electron chi connectivity index (χ4n) is 3.28. The third-order valence-corrected chi connectivity index (χ3v) is 7.61. The number of hydrogen-bond donors (Lipinski definition) is 2. The average Bonchev–Trinajstić information content (AvgIpc) is 2.82. The van der Waals surface area contributed by atoms with Gasteiger partial charge in [-0.05, 0) is 70.2 Å². The van der Waals surface area contributed by atoms with E-state index < -0.39 is 41.5 Å². The Balaban J connectivity index is 1.96. The molecule has 0 atom stereocenters. The number of rotatable bonds is 11. The molecule has 0 radical (unpaired) electrons. The minimum Gasteiger partial charge on any atom is -0.495 e. The predicted molar refractivity (Wildman–Crippen MR) is 139 cm³/mol. The van der Waals surface area contributed by atoms with Gasteiger partial charge in [-0.2, -0.15) is 0 Å². The van der Waals surface area contributed by atoms with Crippen molar-refractivity contribution in [1.82, 2.24) is 0 Å². The minimum atomic E-state index is -4.41. The Kier molecular flexibility index (Phi) is 8.72. The maximum absolute atomic E-state index is 14.1. The van der Waals surface area contributed by atoms with Crippen molar-refractivity contribution < 1.29 is 39.8 Å². The summed E-state index contributed by atoms with van der Waals surface area (Å²) in [5, 5.41) is 0. The first-order valence-corrected chi connectivity index (χ1v) is 14.3. The SMILES string of the molecule is COc1ccc(S(=O)(=O)Nc2ccc(F)c(OC(C)C)c2)cc1S(=O)(=O)Nc1ccc(F)c(OC(C)C)c1. The van der Waals surface area contributed by atoms with E-state index in [4.69, 9.17) is 14.2 Å². The maximum atomic E-state index is 14.1. The minimum absolute atomic E-state index is 0.00407. The van der Waals surface area contributed by atoms with E-state index in [1.165, 1.54) is 37.4 Å². The molecule has 0 bridgehead atoms. The van der Waals surface area contributed by atoms with Crippen LogP contribution in [0.3, 0.4) is 0 Å². The lowest BCUT2D eigenvalue weighted by Gasteiger charge is -2.16. The molecular formula is C25H28F2N2O7S2. The Labute approximate surface area is 220 Å². The molecule has 0 fully saturated rings. The van der Waals surface area contributed by atoms with E-state index in [0.717, 1.165) is 24.3 Å². The predicted octanol–water partition coefficient (Wildman–Crippen LogP) is 5.15. The molecule has 0 aliphatic carbocycles. The van der Waals surface area contributed by atoms with Crippen LogP contribution < -0.4 is 23.7 Å². The lowest BCUT2D eigenvalue weighted by molar-refractivity contribution is 0.231. The van der Waals surface area contributed by atoms with E-state index in [1.54, 1.807) is 27.7 Å². The fourth-order valence-corrected chi connectivity index (χ4v) is 5.68. The second kappa shape index (κ2) is 11.4. The van der Waals surface area contributed by atoms with Gasteiger partial charge in [-0.1, -0.05) is 0 Å². The summed E-state index contributed by atoms with van der Waals surface area (Å²) < 4.78 is 101. The molecule has 0 unspecified atom stereocenters. The number of nitrogens with one attached hydrogen (secondary N) is 2. The third kappa shape index (κ3) is 7.04. The summed E-state index contributed by atoms with van der Waals surface area (Å²) >= 11 is 0. The summed E-state index contributed by atoms with van der Waals surface area (Å²) in [6, 6.07) is 10.1. The Bertz CT molecular complexity index is 1530. The zero-order valence-corrected chi connectivity index (χ0v) is 22.9. The average molecular weight is 571 g/mol. The highest BCUT2D eigenvalue weighted by Crippen LogP contribution is 2.32. The lowest BCUT2D eigenvalue weighted by atomic mass is 10.3. The first kappa shape index (κ1) is 29.0. The molecule has 3 rings (SSSR count). The van der Waals surface area contributed by atoms with Crippen LogP contribution in [0.25, 0.3) is 0 Å². The molecule has 0 saturated carbocycles. The Hall–Kier alpha value is -3.58. The summed E-state index contributed by atoms with van der Waals surface area (Å²) in [5.41, 5.74) is -0.0103. The molecule has 0 aliphatic heterocycles. The zero-order chi connectivity index (χ0) is 28.3. The van der Waals surface area contributed by atoms with Crippen molar-refractivity contribution in [3.8, 4) is 17.2 Å². The van der Waals surface area contributed by atoms with Crippen LogP contribution in [0.5, 0.6) is 17.2 Å². The van der Waals surface area contributed by atoms with E-state index in [1.807, 2.05) is 0 Å². The van der Waals surface area contributed by atoms with Gasteiger partial charge in [-0.15, -0.1) is 0 Å². The van der Waals surface area contributed by atoms with Crippen LogP contribution >= 0.6 is 0 Å². The second-order valence-electron chi connectivity index (χ2n) is 8.65. The molecule has 9 nitrogen and oxygen atoms in total. The Morgan fingerprint density at radius 3 is 1.58 bits per heavy atom.